The summed E-state index contributed by atoms with van der Waals surface area (Å²) in [4.78, 5) is 12.2. The van der Waals surface area contributed by atoms with Crippen molar-refractivity contribution in [2.24, 2.45) is 0 Å². The first-order valence-electron chi connectivity index (χ1n) is 6.20. The van der Waals surface area contributed by atoms with Crippen LogP contribution >= 0.6 is 15.9 Å². The summed E-state index contributed by atoms with van der Waals surface area (Å²) < 4.78 is 14.6. The molecule has 2 aromatic rings. The highest BCUT2D eigenvalue weighted by Gasteiger charge is 2.12. The summed E-state index contributed by atoms with van der Waals surface area (Å²) in [6, 6.07) is 9.66. The lowest BCUT2D eigenvalue weighted by atomic mass is 10.1. The van der Waals surface area contributed by atoms with E-state index >= 15 is 0 Å². The number of halogens is 2. The molecule has 0 bridgehead atoms. The molecular formula is C16H12BrFN2O. The third kappa shape index (κ3) is 3.29. The Bertz CT molecular complexity index is 766. The molecular weight excluding hydrogens is 335 g/mol. The van der Waals surface area contributed by atoms with Crippen LogP contribution < -0.4 is 5.32 Å². The molecule has 1 amide bonds. The molecule has 0 atom stereocenters. The third-order valence-electron chi connectivity index (χ3n) is 3.14. The number of carbonyl (C=O) groups excluding carboxylic acids is 1. The van der Waals surface area contributed by atoms with Crippen LogP contribution in [0.3, 0.4) is 0 Å². The van der Waals surface area contributed by atoms with Crippen LogP contribution in [0, 0.1) is 31.0 Å². The van der Waals surface area contributed by atoms with E-state index in [1.807, 2.05) is 13.0 Å². The first-order chi connectivity index (χ1) is 9.92. The summed E-state index contributed by atoms with van der Waals surface area (Å²) in [6.45, 7) is 3.43. The zero-order chi connectivity index (χ0) is 15.6. The van der Waals surface area contributed by atoms with Crippen molar-refractivity contribution in [2.75, 3.05) is 5.32 Å². The number of carbonyl (C=O) groups is 1. The Labute approximate surface area is 130 Å². The molecule has 0 radical (unpaired) electrons. The molecule has 0 unspecified atom stereocenters. The summed E-state index contributed by atoms with van der Waals surface area (Å²) in [5.74, 6) is -0.862. The Morgan fingerprint density at radius 3 is 2.62 bits per heavy atom. The highest BCUT2D eigenvalue weighted by molar-refractivity contribution is 9.10. The zero-order valence-electron chi connectivity index (χ0n) is 11.5. The number of nitrogens with one attached hydrogen (secondary N) is 1. The van der Waals surface area contributed by atoms with Gasteiger partial charge in [-0.3, -0.25) is 4.79 Å². The Morgan fingerprint density at radius 1 is 1.29 bits per heavy atom. The maximum absolute atomic E-state index is 13.7. The SMILES string of the molecule is Cc1cc(C(=O)Nc2cc(C#N)cc(F)c2C)ccc1Br. The normalized spacial score (nSPS) is 10.0. The topological polar surface area (TPSA) is 52.9 Å². The number of amides is 1. The van der Waals surface area contributed by atoms with Crippen molar-refractivity contribution in [1.82, 2.24) is 0 Å². The molecule has 0 saturated carbocycles. The van der Waals surface area contributed by atoms with Gasteiger partial charge in [-0.2, -0.15) is 5.26 Å². The van der Waals surface area contributed by atoms with E-state index in [9.17, 15) is 9.18 Å². The number of hydrogen-bond donors (Lipinski definition) is 1. The Kier molecular flexibility index (Phi) is 4.39. The van der Waals surface area contributed by atoms with E-state index in [1.165, 1.54) is 6.07 Å². The second kappa shape index (κ2) is 6.06. The number of benzene rings is 2. The summed E-state index contributed by atoms with van der Waals surface area (Å²) in [6.07, 6.45) is 0. The van der Waals surface area contributed by atoms with Gasteiger partial charge >= 0.3 is 0 Å². The van der Waals surface area contributed by atoms with Gasteiger partial charge in [0, 0.05) is 21.3 Å². The average Bonchev–Trinajstić information content (AvgIpc) is 2.46. The molecule has 0 spiro atoms. The van der Waals surface area contributed by atoms with Crippen LogP contribution in [0.1, 0.15) is 27.0 Å². The van der Waals surface area contributed by atoms with Crippen LogP contribution in [0.2, 0.25) is 0 Å². The van der Waals surface area contributed by atoms with E-state index in [2.05, 4.69) is 21.2 Å². The predicted octanol–water partition coefficient (Wildman–Crippen LogP) is 4.33. The van der Waals surface area contributed by atoms with E-state index in [0.29, 0.717) is 16.8 Å². The van der Waals surface area contributed by atoms with Crippen molar-refractivity contribution in [3.63, 3.8) is 0 Å². The molecule has 0 heterocycles. The predicted molar refractivity (Wildman–Crippen MR) is 82.7 cm³/mol. The van der Waals surface area contributed by atoms with E-state index in [0.717, 1.165) is 16.1 Å². The second-order valence-electron chi connectivity index (χ2n) is 4.66. The molecule has 106 valence electrons. The lowest BCUT2D eigenvalue weighted by molar-refractivity contribution is 0.102. The molecule has 0 aliphatic rings. The molecule has 5 heteroatoms. The van der Waals surface area contributed by atoms with Crippen molar-refractivity contribution < 1.29 is 9.18 Å². The highest BCUT2D eigenvalue weighted by atomic mass is 79.9. The Hall–Kier alpha value is -2.19. The number of nitriles is 1. The summed E-state index contributed by atoms with van der Waals surface area (Å²) in [7, 11) is 0. The first-order valence-corrected chi connectivity index (χ1v) is 6.99. The molecule has 0 fully saturated rings. The molecule has 1 N–H and O–H groups in total. The van der Waals surface area contributed by atoms with Gasteiger partial charge in [-0.05, 0) is 49.7 Å². The largest absolute Gasteiger partial charge is 0.322 e. The molecule has 2 aromatic carbocycles. The minimum Gasteiger partial charge on any atom is -0.322 e. The van der Waals surface area contributed by atoms with Gasteiger partial charge in [0.25, 0.3) is 5.91 Å². The van der Waals surface area contributed by atoms with Gasteiger partial charge < -0.3 is 5.32 Å². The van der Waals surface area contributed by atoms with E-state index in [4.69, 9.17) is 5.26 Å². The number of nitrogens with zero attached hydrogens (tertiary/aromatic N) is 1. The Balaban J connectivity index is 2.33. The van der Waals surface area contributed by atoms with Gasteiger partial charge in [-0.15, -0.1) is 0 Å². The third-order valence-corrected chi connectivity index (χ3v) is 4.03. The highest BCUT2D eigenvalue weighted by Crippen LogP contribution is 2.22. The van der Waals surface area contributed by atoms with Crippen LogP contribution in [0.5, 0.6) is 0 Å². The monoisotopic (exact) mass is 346 g/mol. The number of hydrogen-bond acceptors (Lipinski definition) is 2. The summed E-state index contributed by atoms with van der Waals surface area (Å²) in [5.41, 5.74) is 2.17. The molecule has 3 nitrogen and oxygen atoms in total. The van der Waals surface area contributed by atoms with Gasteiger partial charge in [0.15, 0.2) is 0 Å². The minimum absolute atomic E-state index is 0.167. The lowest BCUT2D eigenvalue weighted by Gasteiger charge is -2.10. The van der Waals surface area contributed by atoms with Crippen LogP contribution in [-0.2, 0) is 0 Å². The van der Waals surface area contributed by atoms with E-state index in [-0.39, 0.29) is 11.5 Å². The van der Waals surface area contributed by atoms with Crippen LogP contribution in [0.4, 0.5) is 10.1 Å². The van der Waals surface area contributed by atoms with Gasteiger partial charge in [-0.25, -0.2) is 4.39 Å². The fourth-order valence-electron chi connectivity index (χ4n) is 1.85. The number of rotatable bonds is 2. The number of aryl methyl sites for hydroxylation is 1. The summed E-state index contributed by atoms with van der Waals surface area (Å²) in [5, 5.41) is 11.5. The molecule has 0 aromatic heterocycles. The maximum atomic E-state index is 13.7. The zero-order valence-corrected chi connectivity index (χ0v) is 13.1. The van der Waals surface area contributed by atoms with Gasteiger partial charge in [-0.1, -0.05) is 15.9 Å². The van der Waals surface area contributed by atoms with Crippen molar-refractivity contribution >= 4 is 27.5 Å². The fourth-order valence-corrected chi connectivity index (χ4v) is 2.10. The molecule has 21 heavy (non-hydrogen) atoms. The van der Waals surface area contributed by atoms with Crippen molar-refractivity contribution in [1.29, 1.82) is 5.26 Å². The van der Waals surface area contributed by atoms with E-state index < -0.39 is 5.82 Å². The van der Waals surface area contributed by atoms with E-state index in [1.54, 1.807) is 25.1 Å². The first kappa shape index (κ1) is 15.2. The molecule has 2 rings (SSSR count). The smallest absolute Gasteiger partial charge is 0.255 e. The van der Waals surface area contributed by atoms with Crippen molar-refractivity contribution in [3.8, 4) is 6.07 Å². The van der Waals surface area contributed by atoms with Crippen LogP contribution in [0.25, 0.3) is 0 Å². The Morgan fingerprint density at radius 2 is 2.00 bits per heavy atom. The fraction of sp³-hybridized carbons (Fsp3) is 0.125. The van der Waals surface area contributed by atoms with Gasteiger partial charge in [0.2, 0.25) is 0 Å². The second-order valence-corrected chi connectivity index (χ2v) is 5.51. The van der Waals surface area contributed by atoms with Crippen LogP contribution in [-0.4, -0.2) is 5.91 Å². The molecule has 0 aliphatic carbocycles. The quantitative estimate of drug-likeness (QED) is 0.879. The molecule has 0 saturated heterocycles. The summed E-state index contributed by atoms with van der Waals surface area (Å²) >= 11 is 3.37. The van der Waals surface area contributed by atoms with Crippen molar-refractivity contribution in [3.05, 3.63) is 62.9 Å². The number of anilines is 1. The van der Waals surface area contributed by atoms with Gasteiger partial charge in [0.05, 0.1) is 11.6 Å². The van der Waals surface area contributed by atoms with Crippen LogP contribution in [0.15, 0.2) is 34.8 Å². The minimum atomic E-state index is -0.517. The average molecular weight is 347 g/mol. The lowest BCUT2D eigenvalue weighted by Crippen LogP contribution is -2.13. The van der Waals surface area contributed by atoms with Crippen molar-refractivity contribution in [2.45, 2.75) is 13.8 Å². The molecule has 0 aliphatic heterocycles. The standard InChI is InChI=1S/C16H12BrFN2O/c1-9-5-12(3-4-13(9)17)16(21)20-15-7-11(8-19)6-14(18)10(15)2/h3-7H,1-2H3,(H,20,21). The van der Waals surface area contributed by atoms with Gasteiger partial charge in [0.1, 0.15) is 5.82 Å². The maximum Gasteiger partial charge on any atom is 0.255 e.